The van der Waals surface area contributed by atoms with Gasteiger partial charge < -0.3 is 0 Å². The lowest BCUT2D eigenvalue weighted by Crippen LogP contribution is -2.20. The number of hydrogen-bond donors (Lipinski definition) is 0. The van der Waals surface area contributed by atoms with Crippen LogP contribution in [-0.4, -0.2) is 29.9 Å². The average molecular weight is 290 g/mol. The molecule has 0 aliphatic rings. The zero-order valence-corrected chi connectivity index (χ0v) is 11.1. The van der Waals surface area contributed by atoms with E-state index in [0.29, 0.717) is 18.1 Å². The van der Waals surface area contributed by atoms with Crippen LogP contribution >= 0.6 is 0 Å². The second-order valence-corrected chi connectivity index (χ2v) is 4.47. The van der Waals surface area contributed by atoms with Crippen molar-refractivity contribution < 1.29 is 8.91 Å². The summed E-state index contributed by atoms with van der Waals surface area (Å²) in [6.45, 7) is 0.155. The number of rotatable bonds is 4. The standard InChI is InChI=1S/C12H11FN6O2/c1-18-11(14-16-17-18)7-19-10(15-21-12(19)20)6-8-2-4-9(13)5-3-8/h2-5H,6-7H2,1H3. The molecule has 3 rings (SSSR count). The number of tetrazole rings is 1. The second-order valence-electron chi connectivity index (χ2n) is 4.47. The molecule has 9 heteroatoms. The molecule has 0 amide bonds. The highest BCUT2D eigenvalue weighted by molar-refractivity contribution is 5.19. The van der Waals surface area contributed by atoms with Gasteiger partial charge in [0.05, 0.1) is 6.54 Å². The molecule has 2 heterocycles. The third kappa shape index (κ3) is 2.71. The van der Waals surface area contributed by atoms with Gasteiger partial charge in [-0.05, 0) is 28.1 Å². The first-order chi connectivity index (χ1) is 10.1. The first-order valence-corrected chi connectivity index (χ1v) is 6.14. The Morgan fingerprint density at radius 1 is 1.24 bits per heavy atom. The van der Waals surface area contributed by atoms with Crippen LogP contribution in [0.2, 0.25) is 0 Å². The predicted molar refractivity (Wildman–Crippen MR) is 67.9 cm³/mol. The topological polar surface area (TPSA) is 91.6 Å². The van der Waals surface area contributed by atoms with E-state index in [2.05, 4.69) is 25.2 Å². The van der Waals surface area contributed by atoms with Crippen molar-refractivity contribution in [2.24, 2.45) is 7.05 Å². The Hall–Kier alpha value is -2.84. The highest BCUT2D eigenvalue weighted by Gasteiger charge is 2.14. The van der Waals surface area contributed by atoms with Gasteiger partial charge >= 0.3 is 5.76 Å². The lowest BCUT2D eigenvalue weighted by molar-refractivity contribution is 0.374. The zero-order valence-electron chi connectivity index (χ0n) is 11.1. The minimum absolute atomic E-state index is 0.155. The first-order valence-electron chi connectivity index (χ1n) is 6.14. The summed E-state index contributed by atoms with van der Waals surface area (Å²) < 4.78 is 20.4. The summed E-state index contributed by atoms with van der Waals surface area (Å²) >= 11 is 0. The van der Waals surface area contributed by atoms with Gasteiger partial charge in [-0.2, -0.15) is 0 Å². The van der Waals surface area contributed by atoms with Crippen LogP contribution in [0.4, 0.5) is 4.39 Å². The molecule has 8 nitrogen and oxygen atoms in total. The molecule has 3 aromatic rings. The van der Waals surface area contributed by atoms with Crippen molar-refractivity contribution >= 4 is 0 Å². The number of aromatic nitrogens is 6. The predicted octanol–water partition coefficient (Wildman–Crippen LogP) is 0.138. The molecule has 0 radical (unpaired) electrons. The van der Waals surface area contributed by atoms with Crippen LogP contribution < -0.4 is 5.76 Å². The fourth-order valence-electron chi connectivity index (χ4n) is 1.89. The Morgan fingerprint density at radius 2 is 2.00 bits per heavy atom. The molecule has 0 fully saturated rings. The maximum atomic E-state index is 12.9. The van der Waals surface area contributed by atoms with Gasteiger partial charge in [-0.3, -0.25) is 9.09 Å². The van der Waals surface area contributed by atoms with E-state index in [0.717, 1.165) is 5.56 Å². The van der Waals surface area contributed by atoms with Gasteiger partial charge in [0.15, 0.2) is 11.6 Å². The molecule has 1 aromatic carbocycles. The maximum absolute atomic E-state index is 12.9. The van der Waals surface area contributed by atoms with Crippen molar-refractivity contribution in [3.8, 4) is 0 Å². The molecule has 0 bridgehead atoms. The summed E-state index contributed by atoms with van der Waals surface area (Å²) in [5.41, 5.74) is 0.814. The number of aryl methyl sites for hydroxylation is 1. The molecule has 2 aromatic heterocycles. The van der Waals surface area contributed by atoms with E-state index >= 15 is 0 Å². The van der Waals surface area contributed by atoms with Crippen LogP contribution in [0.25, 0.3) is 0 Å². The number of nitrogens with zero attached hydrogens (tertiary/aromatic N) is 6. The van der Waals surface area contributed by atoms with Crippen LogP contribution in [0.3, 0.4) is 0 Å². The summed E-state index contributed by atoms with van der Waals surface area (Å²) in [7, 11) is 1.67. The van der Waals surface area contributed by atoms with Crippen LogP contribution in [0.15, 0.2) is 33.6 Å². The Kier molecular flexibility index (Phi) is 3.30. The van der Waals surface area contributed by atoms with Crippen molar-refractivity contribution in [2.75, 3.05) is 0 Å². The van der Waals surface area contributed by atoms with Gasteiger partial charge in [-0.25, -0.2) is 13.9 Å². The lowest BCUT2D eigenvalue weighted by Gasteiger charge is -2.03. The Bertz CT molecular complexity index is 804. The monoisotopic (exact) mass is 290 g/mol. The molecule has 108 valence electrons. The van der Waals surface area contributed by atoms with Crippen LogP contribution in [-0.2, 0) is 20.0 Å². The minimum atomic E-state index is -0.588. The lowest BCUT2D eigenvalue weighted by atomic mass is 10.1. The Morgan fingerprint density at radius 3 is 2.67 bits per heavy atom. The third-order valence-electron chi connectivity index (χ3n) is 3.04. The first kappa shape index (κ1) is 13.2. The quantitative estimate of drug-likeness (QED) is 0.678. The van der Waals surface area contributed by atoms with E-state index in [-0.39, 0.29) is 12.4 Å². The van der Waals surface area contributed by atoms with E-state index in [1.165, 1.54) is 21.4 Å². The number of hydrogen-bond acceptors (Lipinski definition) is 6. The van der Waals surface area contributed by atoms with Gasteiger partial charge in [-0.1, -0.05) is 17.3 Å². The summed E-state index contributed by atoms with van der Waals surface area (Å²) in [5, 5.41) is 14.8. The molecule has 0 saturated heterocycles. The van der Waals surface area contributed by atoms with E-state index in [1.54, 1.807) is 19.2 Å². The summed E-state index contributed by atoms with van der Waals surface area (Å²) in [6, 6.07) is 5.96. The summed E-state index contributed by atoms with van der Waals surface area (Å²) in [5.74, 6) is 0.0202. The van der Waals surface area contributed by atoms with Crippen molar-refractivity contribution in [1.29, 1.82) is 0 Å². The fraction of sp³-hybridized carbons (Fsp3) is 0.250. The van der Waals surface area contributed by atoms with Gasteiger partial charge in [0.1, 0.15) is 5.82 Å². The molecule has 0 atom stereocenters. The van der Waals surface area contributed by atoms with Crippen LogP contribution in [0, 0.1) is 5.82 Å². The highest BCUT2D eigenvalue weighted by Crippen LogP contribution is 2.08. The van der Waals surface area contributed by atoms with Gasteiger partial charge in [-0.15, -0.1) is 5.10 Å². The van der Waals surface area contributed by atoms with Gasteiger partial charge in [0, 0.05) is 13.5 Å². The highest BCUT2D eigenvalue weighted by atomic mass is 19.1. The summed E-state index contributed by atoms with van der Waals surface area (Å²) in [6.07, 6.45) is 0.345. The third-order valence-corrected chi connectivity index (χ3v) is 3.04. The molecule has 0 aliphatic heterocycles. The minimum Gasteiger partial charge on any atom is -0.296 e. The maximum Gasteiger partial charge on any atom is 0.442 e. The van der Waals surface area contributed by atoms with E-state index < -0.39 is 5.76 Å². The molecule has 0 N–H and O–H groups in total. The van der Waals surface area contributed by atoms with E-state index in [1.807, 2.05) is 0 Å². The number of benzene rings is 1. The summed E-state index contributed by atoms with van der Waals surface area (Å²) in [4.78, 5) is 11.7. The fourth-order valence-corrected chi connectivity index (χ4v) is 1.89. The van der Waals surface area contributed by atoms with Crippen LogP contribution in [0.1, 0.15) is 17.2 Å². The van der Waals surface area contributed by atoms with Gasteiger partial charge in [0.2, 0.25) is 0 Å². The van der Waals surface area contributed by atoms with E-state index in [4.69, 9.17) is 0 Å². The Balaban J connectivity index is 1.88. The SMILES string of the molecule is Cn1nnnc1Cn1c(Cc2ccc(F)cc2)noc1=O. The van der Waals surface area contributed by atoms with Gasteiger partial charge in [0.25, 0.3) is 0 Å². The average Bonchev–Trinajstić information content (AvgIpc) is 3.02. The van der Waals surface area contributed by atoms with E-state index in [9.17, 15) is 9.18 Å². The van der Waals surface area contributed by atoms with Crippen molar-refractivity contribution in [2.45, 2.75) is 13.0 Å². The molecule has 0 saturated carbocycles. The normalized spacial score (nSPS) is 11.0. The smallest absolute Gasteiger partial charge is 0.296 e. The zero-order chi connectivity index (χ0) is 14.8. The van der Waals surface area contributed by atoms with Crippen molar-refractivity contribution in [1.82, 2.24) is 29.9 Å². The molecule has 0 unspecified atom stereocenters. The molecule has 0 spiro atoms. The van der Waals surface area contributed by atoms with Crippen molar-refractivity contribution in [3.63, 3.8) is 0 Å². The number of halogens is 1. The van der Waals surface area contributed by atoms with Crippen LogP contribution in [0.5, 0.6) is 0 Å². The largest absolute Gasteiger partial charge is 0.442 e. The molecular formula is C12H11FN6O2. The molecule has 0 aliphatic carbocycles. The molecular weight excluding hydrogens is 279 g/mol. The molecule has 21 heavy (non-hydrogen) atoms. The Labute approximate surface area is 117 Å². The second kappa shape index (κ2) is 5.27. The van der Waals surface area contributed by atoms with Crippen molar-refractivity contribution in [3.05, 3.63) is 57.8 Å².